The number of amides is 1. The number of piperidine rings is 1. The average Bonchev–Trinajstić information content (AvgIpc) is 3.45. The van der Waals surface area contributed by atoms with Gasteiger partial charge in [0, 0.05) is 43.2 Å². The first-order valence-electron chi connectivity index (χ1n) is 13.6. The van der Waals surface area contributed by atoms with Crippen LogP contribution in [0.1, 0.15) is 84.7 Å². The standard InChI is InChI=1S/C30H36N4O4/c1-18-16-23(19(2)31-25-11-7-6-10-22(25)30(37)38)26-24(17-18)29(36)33(3)27(32-26)20-12-14-34(15-13-20)28(35)21-8-4-5-9-21/h6-7,10-11,16-17,19-21,31H,4-5,8-9,12-15H2,1-3H3,(H,37,38)/t19-/m1/s1. The fourth-order valence-electron chi connectivity index (χ4n) is 6.16. The maximum absolute atomic E-state index is 13.5. The summed E-state index contributed by atoms with van der Waals surface area (Å²) in [5, 5.41) is 13.5. The van der Waals surface area contributed by atoms with Crippen LogP contribution in [0.3, 0.4) is 0 Å². The summed E-state index contributed by atoms with van der Waals surface area (Å²) >= 11 is 0. The molecule has 1 aliphatic heterocycles. The SMILES string of the molecule is Cc1cc([C@@H](C)Nc2ccccc2C(=O)O)c2nc(C3CCN(C(=O)C4CCCC4)CC3)n(C)c(=O)c2c1. The number of anilines is 1. The van der Waals surface area contributed by atoms with Gasteiger partial charge in [-0.1, -0.05) is 31.0 Å². The van der Waals surface area contributed by atoms with E-state index in [9.17, 15) is 19.5 Å². The van der Waals surface area contributed by atoms with Gasteiger partial charge in [-0.25, -0.2) is 9.78 Å². The third-order valence-corrected chi connectivity index (χ3v) is 8.26. The summed E-state index contributed by atoms with van der Waals surface area (Å²) < 4.78 is 1.67. The number of aromatic nitrogens is 2. The number of aryl methyl sites for hydroxylation is 1. The number of likely N-dealkylation sites (tertiary alicyclic amines) is 1. The van der Waals surface area contributed by atoms with Crippen molar-refractivity contribution in [3.05, 3.63) is 69.3 Å². The van der Waals surface area contributed by atoms with Gasteiger partial charge in [-0.15, -0.1) is 0 Å². The van der Waals surface area contributed by atoms with Gasteiger partial charge in [0.05, 0.1) is 22.5 Å². The minimum absolute atomic E-state index is 0.0856. The zero-order valence-corrected chi connectivity index (χ0v) is 22.4. The van der Waals surface area contributed by atoms with Gasteiger partial charge in [0.25, 0.3) is 5.56 Å². The number of carboxylic acid groups (broad SMARTS) is 1. The molecule has 3 aromatic rings. The van der Waals surface area contributed by atoms with Crippen molar-refractivity contribution in [2.75, 3.05) is 18.4 Å². The smallest absolute Gasteiger partial charge is 0.337 e. The van der Waals surface area contributed by atoms with Crippen molar-refractivity contribution in [1.29, 1.82) is 0 Å². The summed E-state index contributed by atoms with van der Waals surface area (Å²) in [6.07, 6.45) is 5.87. The molecule has 0 radical (unpaired) electrons. The fourth-order valence-corrected chi connectivity index (χ4v) is 6.16. The summed E-state index contributed by atoms with van der Waals surface area (Å²) in [4.78, 5) is 45.3. The zero-order chi connectivity index (χ0) is 27.0. The molecule has 38 heavy (non-hydrogen) atoms. The second-order valence-electron chi connectivity index (χ2n) is 10.9. The minimum Gasteiger partial charge on any atom is -0.478 e. The van der Waals surface area contributed by atoms with E-state index in [-0.39, 0.29) is 29.0 Å². The van der Waals surface area contributed by atoms with Crippen LogP contribution in [0.4, 0.5) is 5.69 Å². The van der Waals surface area contributed by atoms with Crippen LogP contribution in [-0.4, -0.2) is 44.5 Å². The van der Waals surface area contributed by atoms with Crippen molar-refractivity contribution >= 4 is 28.5 Å². The predicted molar refractivity (Wildman–Crippen MR) is 148 cm³/mol. The van der Waals surface area contributed by atoms with Crippen LogP contribution in [0.25, 0.3) is 10.9 Å². The molecule has 1 saturated heterocycles. The molecular formula is C30H36N4O4. The van der Waals surface area contributed by atoms with Crippen LogP contribution in [0.5, 0.6) is 0 Å². The van der Waals surface area contributed by atoms with Crippen LogP contribution in [-0.2, 0) is 11.8 Å². The monoisotopic (exact) mass is 516 g/mol. The number of rotatable bonds is 6. The maximum Gasteiger partial charge on any atom is 0.337 e. The Morgan fingerprint density at radius 3 is 2.45 bits per heavy atom. The van der Waals surface area contributed by atoms with Gasteiger partial charge in [0.1, 0.15) is 5.82 Å². The number of para-hydroxylation sites is 1. The third-order valence-electron chi connectivity index (χ3n) is 8.26. The van der Waals surface area contributed by atoms with Gasteiger partial charge in [-0.3, -0.25) is 14.2 Å². The predicted octanol–water partition coefficient (Wildman–Crippen LogP) is 5.01. The van der Waals surface area contributed by atoms with E-state index in [1.54, 1.807) is 35.9 Å². The molecule has 1 amide bonds. The van der Waals surface area contributed by atoms with E-state index in [2.05, 4.69) is 5.32 Å². The van der Waals surface area contributed by atoms with E-state index in [1.165, 1.54) is 0 Å². The molecule has 0 bridgehead atoms. The van der Waals surface area contributed by atoms with Crippen molar-refractivity contribution in [2.24, 2.45) is 13.0 Å². The Morgan fingerprint density at radius 2 is 1.76 bits per heavy atom. The number of benzene rings is 2. The lowest BCUT2D eigenvalue weighted by atomic mass is 9.93. The second kappa shape index (κ2) is 10.6. The molecule has 0 spiro atoms. The highest BCUT2D eigenvalue weighted by atomic mass is 16.4. The summed E-state index contributed by atoms with van der Waals surface area (Å²) in [6, 6.07) is 10.4. The lowest BCUT2D eigenvalue weighted by Crippen LogP contribution is -2.41. The molecule has 1 atom stereocenters. The highest BCUT2D eigenvalue weighted by Crippen LogP contribution is 2.33. The van der Waals surface area contributed by atoms with Crippen LogP contribution in [0, 0.1) is 12.8 Å². The van der Waals surface area contributed by atoms with E-state index < -0.39 is 5.97 Å². The van der Waals surface area contributed by atoms with E-state index in [0.717, 1.165) is 55.5 Å². The topological polar surface area (TPSA) is 105 Å². The number of hydrogen-bond acceptors (Lipinski definition) is 5. The number of nitrogens with one attached hydrogen (secondary N) is 1. The molecule has 8 nitrogen and oxygen atoms in total. The molecule has 2 aliphatic rings. The first kappa shape index (κ1) is 25.9. The van der Waals surface area contributed by atoms with Crippen LogP contribution in [0.15, 0.2) is 41.2 Å². The van der Waals surface area contributed by atoms with E-state index in [1.807, 2.05) is 30.9 Å². The molecule has 1 saturated carbocycles. The Hall–Kier alpha value is -3.68. The van der Waals surface area contributed by atoms with Gasteiger partial charge < -0.3 is 15.3 Å². The highest BCUT2D eigenvalue weighted by Gasteiger charge is 2.32. The molecule has 2 aromatic carbocycles. The van der Waals surface area contributed by atoms with E-state index in [0.29, 0.717) is 35.6 Å². The zero-order valence-electron chi connectivity index (χ0n) is 22.4. The third kappa shape index (κ3) is 4.91. The van der Waals surface area contributed by atoms with Crippen LogP contribution < -0.4 is 10.9 Å². The number of hydrogen-bond donors (Lipinski definition) is 2. The van der Waals surface area contributed by atoms with Gasteiger partial charge >= 0.3 is 5.97 Å². The molecule has 8 heteroatoms. The summed E-state index contributed by atoms with van der Waals surface area (Å²) in [6.45, 7) is 5.29. The van der Waals surface area contributed by atoms with Crippen molar-refractivity contribution in [1.82, 2.24) is 14.5 Å². The Balaban J connectivity index is 1.46. The molecule has 5 rings (SSSR count). The lowest BCUT2D eigenvalue weighted by molar-refractivity contribution is -0.136. The molecule has 2 fully saturated rings. The Kier molecular flexibility index (Phi) is 7.23. The largest absolute Gasteiger partial charge is 0.478 e. The number of fused-ring (bicyclic) bond motifs is 1. The highest BCUT2D eigenvalue weighted by molar-refractivity contribution is 5.94. The van der Waals surface area contributed by atoms with Gasteiger partial charge in [-0.05, 0) is 63.3 Å². The van der Waals surface area contributed by atoms with E-state index in [4.69, 9.17) is 4.98 Å². The average molecular weight is 517 g/mol. The summed E-state index contributed by atoms with van der Waals surface area (Å²) in [7, 11) is 1.78. The molecule has 1 aliphatic carbocycles. The first-order chi connectivity index (χ1) is 18.2. The Morgan fingerprint density at radius 1 is 1.08 bits per heavy atom. The number of carbonyl (C=O) groups excluding carboxylic acids is 1. The number of carboxylic acids is 1. The molecule has 200 valence electrons. The maximum atomic E-state index is 13.5. The van der Waals surface area contributed by atoms with Crippen molar-refractivity contribution in [3.63, 3.8) is 0 Å². The normalized spacial score (nSPS) is 17.6. The molecule has 2 heterocycles. The Bertz CT molecular complexity index is 1430. The van der Waals surface area contributed by atoms with Crippen LogP contribution >= 0.6 is 0 Å². The van der Waals surface area contributed by atoms with Crippen molar-refractivity contribution in [3.8, 4) is 0 Å². The van der Waals surface area contributed by atoms with E-state index >= 15 is 0 Å². The summed E-state index contributed by atoms with van der Waals surface area (Å²) in [5.41, 5.74) is 3.07. The fraction of sp³-hybridized carbons (Fsp3) is 0.467. The number of carbonyl (C=O) groups is 2. The summed E-state index contributed by atoms with van der Waals surface area (Å²) in [5.74, 6) is 0.316. The Labute approximate surface area is 222 Å². The molecule has 1 aromatic heterocycles. The van der Waals surface area contributed by atoms with Crippen molar-refractivity contribution in [2.45, 2.75) is 64.3 Å². The van der Waals surface area contributed by atoms with Gasteiger partial charge in [0.2, 0.25) is 5.91 Å². The quantitative estimate of drug-likeness (QED) is 0.477. The first-order valence-corrected chi connectivity index (χ1v) is 13.6. The van der Waals surface area contributed by atoms with Gasteiger partial charge in [0.15, 0.2) is 0 Å². The van der Waals surface area contributed by atoms with Crippen molar-refractivity contribution < 1.29 is 14.7 Å². The molecule has 2 N–H and O–H groups in total. The van der Waals surface area contributed by atoms with Gasteiger partial charge in [-0.2, -0.15) is 0 Å². The van der Waals surface area contributed by atoms with Crippen LogP contribution in [0.2, 0.25) is 0 Å². The number of nitrogens with zero attached hydrogens (tertiary/aromatic N) is 3. The molecular weight excluding hydrogens is 480 g/mol. The number of aromatic carboxylic acids is 1. The lowest BCUT2D eigenvalue weighted by Gasteiger charge is -2.34. The molecule has 0 unspecified atom stereocenters. The minimum atomic E-state index is -0.999. The second-order valence-corrected chi connectivity index (χ2v) is 10.9.